The number of hydrogen-bond donors (Lipinski definition) is 0. The van der Waals surface area contributed by atoms with Crippen molar-refractivity contribution in [3.63, 3.8) is 0 Å². The molecule has 0 N–H and O–H groups in total. The van der Waals surface area contributed by atoms with E-state index in [4.69, 9.17) is 4.74 Å². The normalized spacial score (nSPS) is 15.6. The van der Waals surface area contributed by atoms with Gasteiger partial charge in [-0.15, -0.1) is 10.2 Å². The molecule has 1 aromatic carbocycles. The van der Waals surface area contributed by atoms with E-state index in [0.717, 1.165) is 32.0 Å². The fourth-order valence-electron chi connectivity index (χ4n) is 2.78. The Balaban J connectivity index is 1.42. The Hall–Kier alpha value is -2.68. The van der Waals surface area contributed by atoms with Gasteiger partial charge in [-0.25, -0.2) is 0 Å². The van der Waals surface area contributed by atoms with Crippen LogP contribution in [-0.4, -0.2) is 60.7 Å². The Bertz CT molecular complexity index is 743. The average Bonchev–Trinajstić information content (AvgIpc) is 2.68. The molecule has 0 spiro atoms. The van der Waals surface area contributed by atoms with E-state index >= 15 is 0 Å². The number of carbonyl (C=O) groups is 1. The molecular weight excluding hydrogens is 361 g/mol. The first-order valence-corrected chi connectivity index (χ1v) is 8.52. The Morgan fingerprint density at radius 3 is 2.26 bits per heavy atom. The van der Waals surface area contributed by atoms with Gasteiger partial charge in [0.05, 0.1) is 0 Å². The predicted octanol–water partition coefficient (Wildman–Crippen LogP) is 2.51. The summed E-state index contributed by atoms with van der Waals surface area (Å²) in [5.74, 6) is 1.16. The number of alkyl halides is 3. The maximum atomic E-state index is 12.5. The molecule has 0 unspecified atom stereocenters. The van der Waals surface area contributed by atoms with Crippen LogP contribution in [0.25, 0.3) is 0 Å². The minimum absolute atomic E-state index is 0.453. The number of nitrogens with zero attached hydrogens (tertiary/aromatic N) is 4. The fraction of sp³-hybridized carbons (Fsp3) is 0.389. The molecule has 144 valence electrons. The minimum atomic E-state index is -4.47. The smallest absolute Gasteiger partial charge is 0.435 e. The number of benzene rings is 1. The van der Waals surface area contributed by atoms with Gasteiger partial charge in [0.15, 0.2) is 11.5 Å². The van der Waals surface area contributed by atoms with Gasteiger partial charge in [0.25, 0.3) is 0 Å². The number of rotatable bonds is 6. The summed E-state index contributed by atoms with van der Waals surface area (Å²) in [5.41, 5.74) is -0.381. The number of aldehydes is 1. The number of carbonyl (C=O) groups excluding carboxylic acids is 1. The highest BCUT2D eigenvalue weighted by Gasteiger charge is 2.33. The monoisotopic (exact) mass is 380 g/mol. The minimum Gasteiger partial charge on any atom is -0.492 e. The molecule has 2 heterocycles. The van der Waals surface area contributed by atoms with Crippen molar-refractivity contribution in [2.75, 3.05) is 44.2 Å². The summed E-state index contributed by atoms with van der Waals surface area (Å²) < 4.78 is 43.3. The van der Waals surface area contributed by atoms with Crippen LogP contribution in [0.4, 0.5) is 19.0 Å². The molecule has 1 aromatic heterocycles. The summed E-state index contributed by atoms with van der Waals surface area (Å²) in [7, 11) is 0. The van der Waals surface area contributed by atoms with E-state index in [2.05, 4.69) is 15.1 Å². The Morgan fingerprint density at radius 1 is 1.00 bits per heavy atom. The third kappa shape index (κ3) is 5.16. The quantitative estimate of drug-likeness (QED) is 0.718. The molecule has 0 atom stereocenters. The lowest BCUT2D eigenvalue weighted by Gasteiger charge is -2.35. The summed E-state index contributed by atoms with van der Waals surface area (Å²) in [6.45, 7) is 4.09. The van der Waals surface area contributed by atoms with Crippen molar-refractivity contribution in [1.29, 1.82) is 0 Å². The van der Waals surface area contributed by atoms with Crippen LogP contribution in [0.1, 0.15) is 16.1 Å². The molecule has 1 saturated heterocycles. The third-order valence-corrected chi connectivity index (χ3v) is 4.33. The largest absolute Gasteiger partial charge is 0.492 e. The summed E-state index contributed by atoms with van der Waals surface area (Å²) in [6.07, 6.45) is -3.69. The Morgan fingerprint density at radius 2 is 1.70 bits per heavy atom. The van der Waals surface area contributed by atoms with Crippen molar-refractivity contribution in [2.45, 2.75) is 6.18 Å². The maximum absolute atomic E-state index is 12.5. The van der Waals surface area contributed by atoms with Gasteiger partial charge in [0.2, 0.25) is 0 Å². The van der Waals surface area contributed by atoms with Gasteiger partial charge in [-0.05, 0) is 36.4 Å². The zero-order valence-corrected chi connectivity index (χ0v) is 14.5. The van der Waals surface area contributed by atoms with Gasteiger partial charge >= 0.3 is 6.18 Å². The van der Waals surface area contributed by atoms with Gasteiger partial charge in [-0.2, -0.15) is 13.2 Å². The SMILES string of the molecule is O=Cc1ccc(OCCN2CCN(c3ccc(C(F)(F)F)nn3)CC2)cc1. The highest BCUT2D eigenvalue weighted by Crippen LogP contribution is 2.27. The van der Waals surface area contributed by atoms with Crippen LogP contribution in [0.15, 0.2) is 36.4 Å². The van der Waals surface area contributed by atoms with Crippen molar-refractivity contribution >= 4 is 12.1 Å². The standard InChI is InChI=1S/C18H19F3N4O2/c19-18(20,21)16-5-6-17(23-22-16)25-9-7-24(8-10-25)11-12-27-15-3-1-14(13-26)2-4-15/h1-6,13H,7-12H2. The lowest BCUT2D eigenvalue weighted by Crippen LogP contribution is -2.47. The third-order valence-electron chi connectivity index (χ3n) is 4.33. The van der Waals surface area contributed by atoms with Crippen molar-refractivity contribution in [1.82, 2.24) is 15.1 Å². The molecule has 1 aliphatic heterocycles. The first-order chi connectivity index (χ1) is 13.0. The van der Waals surface area contributed by atoms with Crippen LogP contribution in [0.2, 0.25) is 0 Å². The molecule has 1 aliphatic rings. The molecule has 2 aromatic rings. The van der Waals surface area contributed by atoms with Gasteiger partial charge in [0.1, 0.15) is 18.6 Å². The van der Waals surface area contributed by atoms with Gasteiger partial charge in [-0.3, -0.25) is 9.69 Å². The number of hydrogen-bond acceptors (Lipinski definition) is 6. The molecule has 1 fully saturated rings. The molecule has 0 radical (unpaired) electrons. The van der Waals surface area contributed by atoms with E-state index in [1.165, 1.54) is 6.07 Å². The van der Waals surface area contributed by atoms with Crippen LogP contribution < -0.4 is 9.64 Å². The lowest BCUT2D eigenvalue weighted by atomic mass is 10.2. The number of anilines is 1. The second kappa shape index (κ2) is 8.34. The van der Waals surface area contributed by atoms with E-state index in [9.17, 15) is 18.0 Å². The van der Waals surface area contributed by atoms with Gasteiger partial charge in [0, 0.05) is 38.3 Å². The lowest BCUT2D eigenvalue weighted by molar-refractivity contribution is -0.141. The van der Waals surface area contributed by atoms with Crippen LogP contribution >= 0.6 is 0 Å². The molecule has 27 heavy (non-hydrogen) atoms. The molecule has 3 rings (SSSR count). The van der Waals surface area contributed by atoms with Crippen molar-refractivity contribution < 1.29 is 22.7 Å². The summed E-state index contributed by atoms with van der Waals surface area (Å²) in [6, 6.07) is 9.23. The fourth-order valence-corrected chi connectivity index (χ4v) is 2.78. The number of piperazine rings is 1. The highest BCUT2D eigenvalue weighted by atomic mass is 19.4. The van der Waals surface area contributed by atoms with Crippen LogP contribution in [0.3, 0.4) is 0 Å². The van der Waals surface area contributed by atoms with Gasteiger partial charge < -0.3 is 9.64 Å². The average molecular weight is 380 g/mol. The zero-order chi connectivity index (χ0) is 19.3. The molecular formula is C18H19F3N4O2. The van der Waals surface area contributed by atoms with Crippen LogP contribution in [0.5, 0.6) is 5.75 Å². The van der Waals surface area contributed by atoms with Crippen LogP contribution in [0, 0.1) is 0 Å². The first-order valence-electron chi connectivity index (χ1n) is 8.52. The van der Waals surface area contributed by atoms with Gasteiger partial charge in [-0.1, -0.05) is 0 Å². The molecule has 0 bridgehead atoms. The Labute approximate surface area is 154 Å². The summed E-state index contributed by atoms with van der Waals surface area (Å²) in [4.78, 5) is 14.8. The second-order valence-electron chi connectivity index (χ2n) is 6.14. The Kier molecular flexibility index (Phi) is 5.90. The topological polar surface area (TPSA) is 58.6 Å². The molecule has 0 aliphatic carbocycles. The summed E-state index contributed by atoms with van der Waals surface area (Å²) in [5, 5.41) is 6.97. The number of halogens is 3. The summed E-state index contributed by atoms with van der Waals surface area (Å²) >= 11 is 0. The maximum Gasteiger partial charge on any atom is 0.435 e. The van der Waals surface area contributed by atoms with E-state index in [0.29, 0.717) is 36.8 Å². The number of aromatic nitrogens is 2. The zero-order valence-electron chi connectivity index (χ0n) is 14.5. The van der Waals surface area contributed by atoms with E-state index in [-0.39, 0.29) is 0 Å². The van der Waals surface area contributed by atoms with E-state index in [1.54, 1.807) is 24.3 Å². The van der Waals surface area contributed by atoms with E-state index in [1.807, 2.05) is 4.90 Å². The molecule has 0 saturated carbocycles. The molecule has 9 heteroatoms. The predicted molar refractivity (Wildman–Crippen MR) is 93.0 cm³/mol. The second-order valence-corrected chi connectivity index (χ2v) is 6.14. The van der Waals surface area contributed by atoms with E-state index < -0.39 is 11.9 Å². The molecule has 0 amide bonds. The van der Waals surface area contributed by atoms with Crippen LogP contribution in [-0.2, 0) is 6.18 Å². The highest BCUT2D eigenvalue weighted by molar-refractivity contribution is 5.74. The van der Waals surface area contributed by atoms with Crippen molar-refractivity contribution in [3.05, 3.63) is 47.7 Å². The molecule has 6 nitrogen and oxygen atoms in total. The number of ether oxygens (including phenoxy) is 1. The first kappa shape index (κ1) is 19.1. The van der Waals surface area contributed by atoms with Crippen molar-refractivity contribution in [3.8, 4) is 5.75 Å². The van der Waals surface area contributed by atoms with Crippen molar-refractivity contribution in [2.24, 2.45) is 0 Å².